The molecule has 2 N–H and O–H groups in total. The minimum atomic E-state index is -0.128. The van der Waals surface area contributed by atoms with E-state index in [1.54, 1.807) is 0 Å². The van der Waals surface area contributed by atoms with Crippen molar-refractivity contribution < 1.29 is 4.42 Å². The van der Waals surface area contributed by atoms with Crippen LogP contribution in [0.2, 0.25) is 0 Å². The highest BCUT2D eigenvalue weighted by Crippen LogP contribution is 2.27. The maximum absolute atomic E-state index is 5.67. The monoisotopic (exact) mass is 259 g/mol. The van der Waals surface area contributed by atoms with Crippen molar-refractivity contribution >= 4 is 0 Å². The summed E-state index contributed by atoms with van der Waals surface area (Å²) in [6, 6.07) is 5.83. The van der Waals surface area contributed by atoms with Crippen molar-refractivity contribution in [3.63, 3.8) is 0 Å². The van der Waals surface area contributed by atoms with Crippen LogP contribution in [-0.4, -0.2) is 16.5 Å². The van der Waals surface area contributed by atoms with Crippen molar-refractivity contribution in [3.8, 4) is 11.5 Å². The number of nitrogens with zero attached hydrogens (tertiary/aromatic N) is 2. The molecular weight excluding hydrogens is 238 g/mol. The van der Waals surface area contributed by atoms with Crippen LogP contribution in [0.4, 0.5) is 0 Å². The average Bonchev–Trinajstić information content (AvgIpc) is 2.75. The smallest absolute Gasteiger partial charge is 0.152 e. The zero-order chi connectivity index (χ0) is 14.0. The minimum absolute atomic E-state index is 0.128. The molecule has 0 saturated carbocycles. The van der Waals surface area contributed by atoms with E-state index < -0.39 is 0 Å². The van der Waals surface area contributed by atoms with E-state index in [2.05, 4.69) is 23.8 Å². The van der Waals surface area contributed by atoms with Gasteiger partial charge in [-0.25, -0.2) is 9.97 Å². The van der Waals surface area contributed by atoms with E-state index in [9.17, 15) is 0 Å². The van der Waals surface area contributed by atoms with Crippen LogP contribution < -0.4 is 5.73 Å². The Morgan fingerprint density at radius 2 is 1.95 bits per heavy atom. The van der Waals surface area contributed by atoms with Gasteiger partial charge in [-0.2, -0.15) is 0 Å². The summed E-state index contributed by atoms with van der Waals surface area (Å²) in [6.07, 6.45) is 0.854. The van der Waals surface area contributed by atoms with Gasteiger partial charge < -0.3 is 10.2 Å². The molecule has 0 amide bonds. The number of aryl methyl sites for hydroxylation is 2. The molecule has 2 rings (SSSR count). The summed E-state index contributed by atoms with van der Waals surface area (Å²) in [6.45, 7) is 8.76. The Morgan fingerprint density at radius 1 is 1.21 bits per heavy atom. The number of nitrogens with two attached hydrogens (primary N) is 1. The van der Waals surface area contributed by atoms with Crippen LogP contribution in [0.15, 0.2) is 22.6 Å². The van der Waals surface area contributed by atoms with Crippen LogP contribution in [0.25, 0.3) is 11.5 Å². The second-order valence-corrected chi connectivity index (χ2v) is 5.55. The molecule has 19 heavy (non-hydrogen) atoms. The fraction of sp³-hybridized carbons (Fsp3) is 0.467. The van der Waals surface area contributed by atoms with Gasteiger partial charge in [0.1, 0.15) is 17.3 Å². The third kappa shape index (κ3) is 3.01. The molecule has 0 aromatic carbocycles. The van der Waals surface area contributed by atoms with Gasteiger partial charge >= 0.3 is 0 Å². The second-order valence-electron chi connectivity index (χ2n) is 5.55. The number of aromatic nitrogens is 2. The highest BCUT2D eigenvalue weighted by Gasteiger charge is 2.24. The molecule has 0 bridgehead atoms. The Kier molecular flexibility index (Phi) is 3.71. The van der Waals surface area contributed by atoms with E-state index in [-0.39, 0.29) is 5.41 Å². The van der Waals surface area contributed by atoms with Gasteiger partial charge in [-0.15, -0.1) is 0 Å². The molecule has 0 atom stereocenters. The Labute approximate surface area is 114 Å². The van der Waals surface area contributed by atoms with Crippen LogP contribution in [0.5, 0.6) is 0 Å². The van der Waals surface area contributed by atoms with Crippen LogP contribution >= 0.6 is 0 Å². The van der Waals surface area contributed by atoms with E-state index in [0.717, 1.165) is 35.2 Å². The molecule has 0 saturated heterocycles. The second kappa shape index (κ2) is 5.13. The predicted octanol–water partition coefficient (Wildman–Crippen LogP) is 2.98. The summed E-state index contributed by atoms with van der Waals surface area (Å²) in [5.74, 6) is 2.49. The summed E-state index contributed by atoms with van der Waals surface area (Å²) in [4.78, 5) is 9.20. The zero-order valence-corrected chi connectivity index (χ0v) is 12.0. The molecule has 2 heterocycles. The van der Waals surface area contributed by atoms with Crippen molar-refractivity contribution in [1.82, 2.24) is 9.97 Å². The molecule has 2 aromatic rings. The Bertz CT molecular complexity index is 573. The number of rotatable bonds is 4. The van der Waals surface area contributed by atoms with Crippen molar-refractivity contribution in [2.75, 3.05) is 6.54 Å². The fourth-order valence-electron chi connectivity index (χ4n) is 2.04. The number of hydrogen-bond donors (Lipinski definition) is 1. The summed E-state index contributed by atoms with van der Waals surface area (Å²) >= 11 is 0. The van der Waals surface area contributed by atoms with Gasteiger partial charge in [0.05, 0.1) is 0 Å². The van der Waals surface area contributed by atoms with Crippen LogP contribution in [0.1, 0.15) is 37.5 Å². The summed E-state index contributed by atoms with van der Waals surface area (Å²) < 4.78 is 5.64. The lowest BCUT2D eigenvalue weighted by atomic mass is 9.88. The first-order valence-electron chi connectivity index (χ1n) is 6.55. The third-order valence-electron chi connectivity index (χ3n) is 3.22. The third-order valence-corrected chi connectivity index (χ3v) is 3.22. The fourth-order valence-corrected chi connectivity index (χ4v) is 2.04. The van der Waals surface area contributed by atoms with E-state index in [0.29, 0.717) is 6.54 Å². The highest BCUT2D eigenvalue weighted by molar-refractivity contribution is 5.52. The Hall–Kier alpha value is -1.68. The van der Waals surface area contributed by atoms with E-state index >= 15 is 0 Å². The van der Waals surface area contributed by atoms with E-state index in [4.69, 9.17) is 10.2 Å². The largest absolute Gasteiger partial charge is 0.460 e. The first kappa shape index (κ1) is 13.7. The van der Waals surface area contributed by atoms with Gasteiger partial charge in [0, 0.05) is 11.1 Å². The van der Waals surface area contributed by atoms with Gasteiger partial charge in [0.25, 0.3) is 0 Å². The molecule has 4 heteroatoms. The molecule has 0 aliphatic heterocycles. The topological polar surface area (TPSA) is 64.9 Å². The average molecular weight is 259 g/mol. The van der Waals surface area contributed by atoms with Crippen LogP contribution in [-0.2, 0) is 5.41 Å². The standard InChI is InChI=1S/C15H21N3O/c1-10-9-12(13-6-5-11(2)19-13)18-14(17-10)15(3,4)7-8-16/h5-6,9H,7-8,16H2,1-4H3. The Balaban J connectivity index is 2.45. The first-order valence-corrected chi connectivity index (χ1v) is 6.55. The number of furan rings is 1. The Morgan fingerprint density at radius 3 is 2.53 bits per heavy atom. The van der Waals surface area contributed by atoms with Crippen molar-refractivity contribution in [1.29, 1.82) is 0 Å². The molecule has 0 aliphatic carbocycles. The molecule has 2 aromatic heterocycles. The minimum Gasteiger partial charge on any atom is -0.460 e. The quantitative estimate of drug-likeness (QED) is 0.916. The summed E-state index contributed by atoms with van der Waals surface area (Å²) in [5.41, 5.74) is 7.32. The van der Waals surface area contributed by atoms with Crippen LogP contribution in [0.3, 0.4) is 0 Å². The lowest BCUT2D eigenvalue weighted by Gasteiger charge is -2.22. The molecule has 0 fully saturated rings. The summed E-state index contributed by atoms with van der Waals surface area (Å²) in [7, 11) is 0. The summed E-state index contributed by atoms with van der Waals surface area (Å²) in [5, 5.41) is 0. The van der Waals surface area contributed by atoms with Gasteiger partial charge in [-0.05, 0) is 45.0 Å². The predicted molar refractivity (Wildman–Crippen MR) is 75.9 cm³/mol. The number of hydrogen-bond acceptors (Lipinski definition) is 4. The van der Waals surface area contributed by atoms with Gasteiger partial charge in [-0.3, -0.25) is 0 Å². The molecule has 0 radical (unpaired) electrons. The molecule has 102 valence electrons. The maximum atomic E-state index is 5.67. The maximum Gasteiger partial charge on any atom is 0.152 e. The molecule has 4 nitrogen and oxygen atoms in total. The SMILES string of the molecule is Cc1cc(-c2ccc(C)o2)nc(C(C)(C)CCN)n1. The molecular formula is C15H21N3O. The van der Waals surface area contributed by atoms with E-state index in [1.165, 1.54) is 0 Å². The molecule has 0 aliphatic rings. The van der Waals surface area contributed by atoms with E-state index in [1.807, 2.05) is 32.0 Å². The van der Waals surface area contributed by atoms with Gasteiger partial charge in [0.15, 0.2) is 5.76 Å². The van der Waals surface area contributed by atoms with Crippen LogP contribution in [0, 0.1) is 13.8 Å². The normalized spacial score (nSPS) is 11.8. The lowest BCUT2D eigenvalue weighted by Crippen LogP contribution is -2.25. The van der Waals surface area contributed by atoms with Crippen molar-refractivity contribution in [2.45, 2.75) is 39.5 Å². The first-order chi connectivity index (χ1) is 8.92. The van der Waals surface area contributed by atoms with Crippen molar-refractivity contribution in [2.24, 2.45) is 5.73 Å². The van der Waals surface area contributed by atoms with Gasteiger partial charge in [0.2, 0.25) is 0 Å². The van der Waals surface area contributed by atoms with Crippen molar-refractivity contribution in [3.05, 3.63) is 35.5 Å². The van der Waals surface area contributed by atoms with Gasteiger partial charge in [-0.1, -0.05) is 13.8 Å². The lowest BCUT2D eigenvalue weighted by molar-refractivity contribution is 0.455. The highest BCUT2D eigenvalue weighted by atomic mass is 16.3. The molecule has 0 unspecified atom stereocenters. The zero-order valence-electron chi connectivity index (χ0n) is 12.0. The molecule has 0 spiro atoms.